The molecule has 5 nitrogen and oxygen atoms in total. The molecule has 0 saturated heterocycles. The molecule has 1 heterocycles. The molecule has 0 radical (unpaired) electrons. The number of hydrogen-bond acceptors (Lipinski definition) is 5. The van der Waals surface area contributed by atoms with Crippen molar-refractivity contribution in [2.45, 2.75) is 6.92 Å². The highest BCUT2D eigenvalue weighted by atomic mass is 16.5. The number of aromatic nitrogens is 1. The first-order chi connectivity index (χ1) is 12.1. The van der Waals surface area contributed by atoms with Crippen LogP contribution < -0.4 is 9.47 Å². The van der Waals surface area contributed by atoms with Crippen molar-refractivity contribution in [3.05, 3.63) is 53.6 Å². The molecule has 0 unspecified atom stereocenters. The normalized spacial score (nSPS) is 10.6. The van der Waals surface area contributed by atoms with E-state index in [0.29, 0.717) is 22.8 Å². The molecule has 0 fully saturated rings. The molecule has 0 aliphatic carbocycles. The van der Waals surface area contributed by atoms with Crippen molar-refractivity contribution in [2.75, 3.05) is 21.3 Å². The summed E-state index contributed by atoms with van der Waals surface area (Å²) in [4.78, 5) is 16.9. The van der Waals surface area contributed by atoms with Gasteiger partial charge in [0.25, 0.3) is 0 Å². The lowest BCUT2D eigenvalue weighted by Gasteiger charge is -2.12. The van der Waals surface area contributed by atoms with Crippen LogP contribution in [0.15, 0.2) is 42.5 Å². The summed E-state index contributed by atoms with van der Waals surface area (Å²) in [7, 11) is 4.54. The number of hydrogen-bond donors (Lipinski definition) is 0. The molecule has 128 valence electrons. The van der Waals surface area contributed by atoms with Crippen molar-refractivity contribution in [1.82, 2.24) is 4.98 Å². The van der Waals surface area contributed by atoms with Crippen LogP contribution in [0.3, 0.4) is 0 Å². The second-order valence-electron chi connectivity index (χ2n) is 5.64. The van der Waals surface area contributed by atoms with E-state index in [1.807, 2.05) is 43.3 Å². The van der Waals surface area contributed by atoms with Gasteiger partial charge in [0.2, 0.25) is 0 Å². The second kappa shape index (κ2) is 6.81. The van der Waals surface area contributed by atoms with Crippen LogP contribution in [0, 0.1) is 6.92 Å². The Bertz CT molecular complexity index is 950. The zero-order valence-corrected chi connectivity index (χ0v) is 14.6. The van der Waals surface area contributed by atoms with Crippen LogP contribution in [0.2, 0.25) is 0 Å². The Balaban J connectivity index is 2.24. The summed E-state index contributed by atoms with van der Waals surface area (Å²) in [6.07, 6.45) is 0. The average Bonchev–Trinajstić information content (AvgIpc) is 2.65. The Morgan fingerprint density at radius 1 is 0.920 bits per heavy atom. The zero-order chi connectivity index (χ0) is 18.0. The van der Waals surface area contributed by atoms with Gasteiger partial charge in [-0.15, -0.1) is 0 Å². The number of nitrogens with zero attached hydrogens (tertiary/aromatic N) is 1. The van der Waals surface area contributed by atoms with Crippen LogP contribution in [0.1, 0.15) is 15.9 Å². The molecule has 0 spiro atoms. The first kappa shape index (κ1) is 16.8. The van der Waals surface area contributed by atoms with Gasteiger partial charge in [0, 0.05) is 10.9 Å². The summed E-state index contributed by atoms with van der Waals surface area (Å²) in [6.45, 7) is 1.99. The molecule has 25 heavy (non-hydrogen) atoms. The topological polar surface area (TPSA) is 57.7 Å². The van der Waals surface area contributed by atoms with Crippen LogP contribution in [0.5, 0.6) is 11.5 Å². The van der Waals surface area contributed by atoms with Gasteiger partial charge in [-0.2, -0.15) is 0 Å². The molecular weight excluding hydrogens is 318 g/mol. The van der Waals surface area contributed by atoms with Gasteiger partial charge in [0.05, 0.1) is 38.1 Å². The van der Waals surface area contributed by atoms with Crippen LogP contribution in [0.4, 0.5) is 0 Å². The Morgan fingerprint density at radius 3 is 2.36 bits per heavy atom. The number of esters is 1. The molecule has 1 aromatic heterocycles. The van der Waals surface area contributed by atoms with Crippen molar-refractivity contribution in [1.29, 1.82) is 0 Å². The zero-order valence-electron chi connectivity index (χ0n) is 14.6. The van der Waals surface area contributed by atoms with Gasteiger partial charge in [-0.25, -0.2) is 9.78 Å². The van der Waals surface area contributed by atoms with Gasteiger partial charge < -0.3 is 14.2 Å². The third-order valence-corrected chi connectivity index (χ3v) is 4.05. The van der Waals surface area contributed by atoms with Crippen molar-refractivity contribution in [3.63, 3.8) is 0 Å². The van der Waals surface area contributed by atoms with Crippen molar-refractivity contribution in [2.24, 2.45) is 0 Å². The lowest BCUT2D eigenvalue weighted by Crippen LogP contribution is -2.04. The van der Waals surface area contributed by atoms with E-state index in [4.69, 9.17) is 19.2 Å². The molecule has 0 N–H and O–H groups in total. The van der Waals surface area contributed by atoms with Gasteiger partial charge in [0.1, 0.15) is 0 Å². The quantitative estimate of drug-likeness (QED) is 0.673. The summed E-state index contributed by atoms with van der Waals surface area (Å²) in [5.74, 6) is 0.847. The van der Waals surface area contributed by atoms with Crippen LogP contribution >= 0.6 is 0 Å². The lowest BCUT2D eigenvalue weighted by atomic mass is 10.0. The smallest absolute Gasteiger partial charge is 0.338 e. The fourth-order valence-electron chi connectivity index (χ4n) is 2.76. The molecule has 3 rings (SSSR count). The Hall–Kier alpha value is -3.08. The lowest BCUT2D eigenvalue weighted by molar-refractivity contribution is 0.0603. The van der Waals surface area contributed by atoms with E-state index in [1.165, 1.54) is 7.11 Å². The van der Waals surface area contributed by atoms with E-state index in [-0.39, 0.29) is 0 Å². The minimum absolute atomic E-state index is 0.391. The van der Waals surface area contributed by atoms with E-state index in [1.54, 1.807) is 20.3 Å². The van der Waals surface area contributed by atoms with E-state index in [0.717, 1.165) is 22.0 Å². The standard InChI is InChI=1S/C20H19NO4/c1-12-5-7-14-15(20(22)25-4)11-16(21-17(14)9-12)13-6-8-18(23-2)19(10-13)24-3/h5-11H,1-4H3. The largest absolute Gasteiger partial charge is 0.493 e. The maximum Gasteiger partial charge on any atom is 0.338 e. The first-order valence-corrected chi connectivity index (χ1v) is 7.79. The molecule has 0 saturated carbocycles. The van der Waals surface area contributed by atoms with Gasteiger partial charge in [-0.05, 0) is 42.8 Å². The minimum Gasteiger partial charge on any atom is -0.493 e. The van der Waals surface area contributed by atoms with E-state index >= 15 is 0 Å². The molecular formula is C20H19NO4. The monoisotopic (exact) mass is 337 g/mol. The molecule has 0 aliphatic heterocycles. The Morgan fingerprint density at radius 2 is 1.68 bits per heavy atom. The maximum atomic E-state index is 12.2. The Kier molecular flexibility index (Phi) is 4.57. The highest BCUT2D eigenvalue weighted by Gasteiger charge is 2.15. The van der Waals surface area contributed by atoms with Crippen LogP contribution in [-0.4, -0.2) is 32.3 Å². The van der Waals surface area contributed by atoms with Gasteiger partial charge in [-0.1, -0.05) is 12.1 Å². The Labute approximate surface area is 146 Å². The average molecular weight is 337 g/mol. The maximum absolute atomic E-state index is 12.2. The predicted molar refractivity (Wildman–Crippen MR) is 96.4 cm³/mol. The number of methoxy groups -OCH3 is 3. The van der Waals surface area contributed by atoms with E-state index < -0.39 is 5.97 Å². The highest BCUT2D eigenvalue weighted by Crippen LogP contribution is 2.33. The number of carbonyl (C=O) groups is 1. The van der Waals surface area contributed by atoms with Crippen molar-refractivity contribution < 1.29 is 19.0 Å². The number of carbonyl (C=O) groups excluding carboxylic acids is 1. The van der Waals surface area contributed by atoms with Gasteiger partial charge in [0.15, 0.2) is 11.5 Å². The number of pyridine rings is 1. The summed E-state index contributed by atoms with van der Waals surface area (Å²) in [5, 5.41) is 0.765. The van der Waals surface area contributed by atoms with Crippen molar-refractivity contribution in [3.8, 4) is 22.8 Å². The number of aryl methyl sites for hydroxylation is 1. The molecule has 0 amide bonds. The highest BCUT2D eigenvalue weighted by molar-refractivity contribution is 6.04. The number of ether oxygens (including phenoxy) is 3. The van der Waals surface area contributed by atoms with E-state index in [2.05, 4.69) is 0 Å². The van der Waals surface area contributed by atoms with Gasteiger partial charge >= 0.3 is 5.97 Å². The summed E-state index contributed by atoms with van der Waals surface area (Å²) in [6, 6.07) is 13.1. The van der Waals surface area contributed by atoms with Crippen LogP contribution in [-0.2, 0) is 4.74 Å². The molecule has 5 heteroatoms. The number of benzene rings is 2. The second-order valence-corrected chi connectivity index (χ2v) is 5.64. The fourth-order valence-corrected chi connectivity index (χ4v) is 2.76. The SMILES string of the molecule is COC(=O)c1cc(-c2ccc(OC)c(OC)c2)nc2cc(C)ccc12. The summed E-state index contributed by atoms with van der Waals surface area (Å²) >= 11 is 0. The predicted octanol–water partition coefficient (Wildman–Crippen LogP) is 4.01. The minimum atomic E-state index is -0.391. The summed E-state index contributed by atoms with van der Waals surface area (Å²) in [5.41, 5.74) is 3.79. The molecule has 0 bridgehead atoms. The third kappa shape index (κ3) is 3.13. The number of fused-ring (bicyclic) bond motifs is 1. The summed E-state index contributed by atoms with van der Waals surface area (Å²) < 4.78 is 15.6. The van der Waals surface area contributed by atoms with E-state index in [9.17, 15) is 4.79 Å². The molecule has 0 atom stereocenters. The molecule has 3 aromatic rings. The van der Waals surface area contributed by atoms with Crippen molar-refractivity contribution >= 4 is 16.9 Å². The molecule has 2 aromatic carbocycles. The van der Waals surface area contributed by atoms with Gasteiger partial charge in [-0.3, -0.25) is 0 Å². The fraction of sp³-hybridized carbons (Fsp3) is 0.200. The first-order valence-electron chi connectivity index (χ1n) is 7.79. The van der Waals surface area contributed by atoms with Crippen LogP contribution in [0.25, 0.3) is 22.2 Å². The molecule has 0 aliphatic rings. The third-order valence-electron chi connectivity index (χ3n) is 4.05. The number of rotatable bonds is 4.